The van der Waals surface area contributed by atoms with Crippen molar-refractivity contribution >= 4 is 39.6 Å². The average molecular weight is 522 g/mol. The van der Waals surface area contributed by atoms with Crippen molar-refractivity contribution in [2.45, 2.75) is 20.1 Å². The van der Waals surface area contributed by atoms with E-state index in [4.69, 9.17) is 4.74 Å². The van der Waals surface area contributed by atoms with Crippen LogP contribution < -0.4 is 10.1 Å². The fraction of sp³-hybridized carbons (Fsp3) is 0.120. The third-order valence-electron chi connectivity index (χ3n) is 5.21. The fourth-order valence-corrected chi connectivity index (χ4v) is 3.81. The molecule has 0 aromatic heterocycles. The van der Waals surface area contributed by atoms with Gasteiger partial charge in [0, 0.05) is 22.2 Å². The third kappa shape index (κ3) is 5.32. The maximum atomic E-state index is 12.9. The summed E-state index contributed by atoms with van der Waals surface area (Å²) in [4.78, 5) is 37.1. The minimum atomic E-state index is -0.495. The number of nitrogens with one attached hydrogen (secondary N) is 1. The molecule has 1 saturated heterocycles. The van der Waals surface area contributed by atoms with Crippen molar-refractivity contribution in [3.8, 4) is 5.75 Å². The number of aryl methyl sites for hydroxylation is 1. The second kappa shape index (κ2) is 9.88. The van der Waals surface area contributed by atoms with E-state index in [1.807, 2.05) is 31.2 Å². The zero-order valence-corrected chi connectivity index (χ0v) is 19.7. The lowest BCUT2D eigenvalue weighted by atomic mass is 10.1. The second-order valence-electron chi connectivity index (χ2n) is 7.76. The van der Waals surface area contributed by atoms with E-state index in [0.717, 1.165) is 20.5 Å². The molecule has 8 nitrogen and oxygen atoms in total. The topological polar surface area (TPSA) is 102 Å². The highest BCUT2D eigenvalue weighted by Gasteiger charge is 2.33. The van der Waals surface area contributed by atoms with Gasteiger partial charge in [0.15, 0.2) is 0 Å². The minimum absolute atomic E-state index is 0.0211. The molecule has 1 heterocycles. The molecule has 3 aromatic rings. The van der Waals surface area contributed by atoms with E-state index < -0.39 is 16.9 Å². The van der Waals surface area contributed by atoms with Gasteiger partial charge < -0.3 is 10.1 Å². The van der Waals surface area contributed by atoms with Crippen LogP contribution in [0.5, 0.6) is 5.75 Å². The molecule has 0 radical (unpaired) electrons. The number of ether oxygens (including phenoxy) is 1. The number of halogens is 1. The Bertz CT molecular complexity index is 1300. The van der Waals surface area contributed by atoms with Gasteiger partial charge in [-0.05, 0) is 42.3 Å². The van der Waals surface area contributed by atoms with Crippen LogP contribution in [0.3, 0.4) is 0 Å². The van der Waals surface area contributed by atoms with Crippen LogP contribution in [0.4, 0.5) is 10.5 Å². The number of imide groups is 1. The van der Waals surface area contributed by atoms with Crippen molar-refractivity contribution in [2.75, 3.05) is 0 Å². The summed E-state index contributed by atoms with van der Waals surface area (Å²) in [6, 6.07) is 18.6. The summed E-state index contributed by atoms with van der Waals surface area (Å²) < 4.78 is 6.65. The average Bonchev–Trinajstić information content (AvgIpc) is 3.07. The first-order valence-corrected chi connectivity index (χ1v) is 11.2. The van der Waals surface area contributed by atoms with Crippen LogP contribution >= 0.6 is 15.9 Å². The Labute approximate surface area is 204 Å². The molecule has 4 rings (SSSR count). The minimum Gasteiger partial charge on any atom is -0.488 e. The Morgan fingerprint density at radius 3 is 2.56 bits per heavy atom. The molecule has 1 N–H and O–H groups in total. The molecule has 1 aliphatic rings. The van der Waals surface area contributed by atoms with E-state index in [9.17, 15) is 19.7 Å². The van der Waals surface area contributed by atoms with E-state index in [-0.39, 0.29) is 24.5 Å². The quantitative estimate of drug-likeness (QED) is 0.196. The van der Waals surface area contributed by atoms with E-state index >= 15 is 0 Å². The summed E-state index contributed by atoms with van der Waals surface area (Å²) in [5, 5.41) is 13.6. The molecule has 0 aliphatic carbocycles. The van der Waals surface area contributed by atoms with Crippen molar-refractivity contribution in [3.05, 3.63) is 109 Å². The predicted octanol–water partition coefficient (Wildman–Crippen LogP) is 5.34. The molecule has 0 saturated carbocycles. The number of hydrogen-bond acceptors (Lipinski definition) is 5. The van der Waals surface area contributed by atoms with Crippen LogP contribution in [0, 0.1) is 17.0 Å². The highest BCUT2D eigenvalue weighted by Crippen LogP contribution is 2.28. The first-order valence-electron chi connectivity index (χ1n) is 10.4. The number of urea groups is 1. The summed E-state index contributed by atoms with van der Waals surface area (Å²) in [7, 11) is 0. The lowest BCUT2D eigenvalue weighted by Gasteiger charge is -2.12. The van der Waals surface area contributed by atoms with Gasteiger partial charge in [-0.25, -0.2) is 4.79 Å². The van der Waals surface area contributed by atoms with Crippen LogP contribution in [0.25, 0.3) is 6.08 Å². The molecule has 1 aliphatic heterocycles. The van der Waals surface area contributed by atoms with Crippen molar-refractivity contribution in [1.29, 1.82) is 0 Å². The number of nitro groups is 1. The molecular formula is C25H20BrN3O5. The normalized spacial score (nSPS) is 14.4. The maximum absolute atomic E-state index is 12.9. The van der Waals surface area contributed by atoms with Crippen LogP contribution in [0.15, 0.2) is 76.9 Å². The number of nitro benzene ring substituents is 1. The summed E-state index contributed by atoms with van der Waals surface area (Å²) >= 11 is 3.41. The number of hydrogen-bond donors (Lipinski definition) is 1. The Morgan fingerprint density at radius 2 is 1.82 bits per heavy atom. The molecule has 0 unspecified atom stereocenters. The van der Waals surface area contributed by atoms with Gasteiger partial charge in [-0.2, -0.15) is 0 Å². The van der Waals surface area contributed by atoms with Crippen LogP contribution in [-0.2, 0) is 17.9 Å². The molecule has 3 aromatic carbocycles. The highest BCUT2D eigenvalue weighted by molar-refractivity contribution is 9.10. The van der Waals surface area contributed by atoms with E-state index in [1.165, 1.54) is 12.1 Å². The molecular weight excluding hydrogens is 502 g/mol. The lowest BCUT2D eigenvalue weighted by Crippen LogP contribution is -2.30. The number of amides is 3. The molecule has 34 heavy (non-hydrogen) atoms. The van der Waals surface area contributed by atoms with E-state index in [1.54, 1.807) is 36.4 Å². The Balaban J connectivity index is 1.54. The molecule has 172 valence electrons. The van der Waals surface area contributed by atoms with Gasteiger partial charge >= 0.3 is 6.03 Å². The molecule has 0 spiro atoms. The number of nitrogens with zero attached hydrogens (tertiary/aromatic N) is 2. The fourth-order valence-electron chi connectivity index (χ4n) is 3.43. The molecule has 3 amide bonds. The highest BCUT2D eigenvalue weighted by atomic mass is 79.9. The largest absolute Gasteiger partial charge is 0.488 e. The zero-order valence-electron chi connectivity index (χ0n) is 18.2. The van der Waals surface area contributed by atoms with Gasteiger partial charge in [0.25, 0.3) is 11.6 Å². The van der Waals surface area contributed by atoms with Gasteiger partial charge in [-0.15, -0.1) is 0 Å². The number of carbonyl (C=O) groups is 2. The van der Waals surface area contributed by atoms with Crippen molar-refractivity contribution in [3.63, 3.8) is 0 Å². The van der Waals surface area contributed by atoms with E-state index in [2.05, 4.69) is 21.2 Å². The van der Waals surface area contributed by atoms with Gasteiger partial charge in [0.1, 0.15) is 18.1 Å². The molecule has 1 fully saturated rings. The first-order chi connectivity index (χ1) is 16.3. The Kier molecular flexibility index (Phi) is 6.74. The summed E-state index contributed by atoms with van der Waals surface area (Å²) in [5.74, 6) is 0.0245. The number of non-ortho nitro benzene ring substituents is 1. The van der Waals surface area contributed by atoms with Gasteiger partial charge in [0.05, 0.1) is 11.5 Å². The van der Waals surface area contributed by atoms with Crippen LogP contribution in [-0.4, -0.2) is 21.8 Å². The van der Waals surface area contributed by atoms with Crippen molar-refractivity contribution in [2.24, 2.45) is 0 Å². The smallest absolute Gasteiger partial charge is 0.329 e. The number of rotatable bonds is 7. The zero-order chi connectivity index (χ0) is 24.2. The summed E-state index contributed by atoms with van der Waals surface area (Å²) in [5.41, 5.74) is 3.25. The van der Waals surface area contributed by atoms with E-state index in [0.29, 0.717) is 16.9 Å². The summed E-state index contributed by atoms with van der Waals surface area (Å²) in [6.07, 6.45) is 1.56. The molecule has 0 bridgehead atoms. The predicted molar refractivity (Wildman–Crippen MR) is 130 cm³/mol. The maximum Gasteiger partial charge on any atom is 0.329 e. The monoisotopic (exact) mass is 521 g/mol. The van der Waals surface area contributed by atoms with Gasteiger partial charge in [-0.3, -0.25) is 19.8 Å². The molecule has 0 atom stereocenters. The summed E-state index contributed by atoms with van der Waals surface area (Å²) in [6.45, 7) is 2.23. The van der Waals surface area contributed by atoms with Crippen LogP contribution in [0.2, 0.25) is 0 Å². The van der Waals surface area contributed by atoms with Gasteiger partial charge in [-0.1, -0.05) is 57.9 Å². The second-order valence-corrected chi connectivity index (χ2v) is 8.68. The van der Waals surface area contributed by atoms with Gasteiger partial charge in [0.2, 0.25) is 0 Å². The molecule has 9 heteroatoms. The standard InChI is InChI=1S/C25H20BrN3O5/c1-16-5-7-17(8-6-16)14-28-24(30)22(27-25(28)31)13-19-12-20(26)9-10-23(19)34-15-18-3-2-4-21(11-18)29(32)33/h2-13H,14-15H2,1H3,(H,27,31)/b22-13+. The third-order valence-corrected chi connectivity index (χ3v) is 5.70. The van der Waals surface area contributed by atoms with Crippen LogP contribution in [0.1, 0.15) is 22.3 Å². The lowest BCUT2D eigenvalue weighted by molar-refractivity contribution is -0.384. The SMILES string of the molecule is Cc1ccc(CN2C(=O)N/C(=C/c3cc(Br)ccc3OCc3cccc([N+](=O)[O-])c3)C2=O)cc1. The number of benzene rings is 3. The van der Waals surface area contributed by atoms with Crippen molar-refractivity contribution < 1.29 is 19.2 Å². The Hall–Kier alpha value is -3.98. The Morgan fingerprint density at radius 1 is 1.06 bits per heavy atom. The van der Waals surface area contributed by atoms with Crippen molar-refractivity contribution in [1.82, 2.24) is 10.2 Å². The number of carbonyl (C=O) groups excluding carboxylic acids is 2. The first kappa shape index (κ1) is 23.2.